The van der Waals surface area contributed by atoms with Gasteiger partial charge >= 0.3 is 0 Å². The monoisotopic (exact) mass is 389 g/mol. The number of carbonyl (C=O) groups is 1. The quantitative estimate of drug-likeness (QED) is 0.486. The van der Waals surface area contributed by atoms with Crippen LogP contribution < -0.4 is 15.4 Å². The minimum atomic E-state index is -0.136. The highest BCUT2D eigenvalue weighted by atomic mass is 16.5. The van der Waals surface area contributed by atoms with Crippen molar-refractivity contribution in [1.82, 2.24) is 10.3 Å². The molecule has 1 amide bonds. The van der Waals surface area contributed by atoms with Crippen LogP contribution in [0.2, 0.25) is 0 Å². The summed E-state index contributed by atoms with van der Waals surface area (Å²) in [5.41, 5.74) is 3.14. The molecule has 0 saturated heterocycles. The highest BCUT2D eigenvalue weighted by Crippen LogP contribution is 2.34. The summed E-state index contributed by atoms with van der Waals surface area (Å²) < 4.78 is 6.13. The number of hydrogen-bond donors (Lipinski definition) is 2. The highest BCUT2D eigenvalue weighted by molar-refractivity contribution is 5.96. The molecule has 3 rings (SSSR count). The zero-order valence-electron chi connectivity index (χ0n) is 16.9. The summed E-state index contributed by atoms with van der Waals surface area (Å²) in [6, 6.07) is 19.0. The molecule has 1 heterocycles. The zero-order valence-corrected chi connectivity index (χ0v) is 16.9. The van der Waals surface area contributed by atoms with Crippen molar-refractivity contribution in [3.63, 3.8) is 0 Å². The van der Waals surface area contributed by atoms with Crippen molar-refractivity contribution in [2.75, 3.05) is 11.9 Å². The number of amides is 1. The topological polar surface area (TPSA) is 63.2 Å². The van der Waals surface area contributed by atoms with Gasteiger partial charge in [-0.1, -0.05) is 37.6 Å². The first-order valence-electron chi connectivity index (χ1n) is 9.97. The normalized spacial score (nSPS) is 10.4. The first-order chi connectivity index (χ1) is 14.2. The summed E-state index contributed by atoms with van der Waals surface area (Å²) >= 11 is 0. The predicted molar refractivity (Wildman–Crippen MR) is 116 cm³/mol. The van der Waals surface area contributed by atoms with Crippen molar-refractivity contribution < 1.29 is 9.53 Å². The van der Waals surface area contributed by atoms with Crippen LogP contribution in [0.4, 0.5) is 5.69 Å². The third-order valence-electron chi connectivity index (χ3n) is 4.50. The molecule has 29 heavy (non-hydrogen) atoms. The van der Waals surface area contributed by atoms with E-state index in [1.54, 1.807) is 6.20 Å². The zero-order chi connectivity index (χ0) is 20.5. The molecule has 0 atom stereocenters. The lowest BCUT2D eigenvalue weighted by molar-refractivity contribution is 0.0950. The molecular formula is C24H27N3O2. The SMILES string of the molecule is CCCCNc1cc(C(=O)NCc2ccccn2)cc(C)c1Oc1ccccc1. The van der Waals surface area contributed by atoms with Crippen LogP contribution in [0.25, 0.3) is 0 Å². The van der Waals surface area contributed by atoms with Gasteiger partial charge in [0.25, 0.3) is 5.91 Å². The number of hydrogen-bond acceptors (Lipinski definition) is 4. The first kappa shape index (κ1) is 20.4. The maximum atomic E-state index is 12.7. The largest absolute Gasteiger partial charge is 0.455 e. The smallest absolute Gasteiger partial charge is 0.251 e. The molecule has 2 N–H and O–H groups in total. The van der Waals surface area contributed by atoms with E-state index in [2.05, 4.69) is 22.5 Å². The van der Waals surface area contributed by atoms with Gasteiger partial charge in [-0.25, -0.2) is 0 Å². The Labute approximate surface area is 172 Å². The highest BCUT2D eigenvalue weighted by Gasteiger charge is 2.15. The molecule has 0 spiro atoms. The molecule has 2 aromatic carbocycles. The van der Waals surface area contributed by atoms with Crippen molar-refractivity contribution in [3.05, 3.63) is 83.7 Å². The second-order valence-electron chi connectivity index (χ2n) is 6.87. The van der Waals surface area contributed by atoms with Crippen LogP contribution in [0.5, 0.6) is 11.5 Å². The molecule has 1 aromatic heterocycles. The van der Waals surface area contributed by atoms with Gasteiger partial charge in [-0.05, 0) is 55.3 Å². The lowest BCUT2D eigenvalue weighted by Crippen LogP contribution is -2.23. The van der Waals surface area contributed by atoms with Gasteiger partial charge in [-0.3, -0.25) is 9.78 Å². The molecular weight excluding hydrogens is 362 g/mol. The maximum absolute atomic E-state index is 12.7. The average molecular weight is 389 g/mol. The summed E-state index contributed by atoms with van der Waals surface area (Å²) in [6.45, 7) is 5.31. The minimum Gasteiger partial charge on any atom is -0.455 e. The van der Waals surface area contributed by atoms with E-state index in [4.69, 9.17) is 4.74 Å². The fraction of sp³-hybridized carbons (Fsp3) is 0.250. The van der Waals surface area contributed by atoms with E-state index in [-0.39, 0.29) is 5.91 Å². The van der Waals surface area contributed by atoms with Crippen LogP contribution in [0, 0.1) is 6.92 Å². The van der Waals surface area contributed by atoms with Crippen LogP contribution in [0.3, 0.4) is 0 Å². The molecule has 0 fully saturated rings. The molecule has 0 unspecified atom stereocenters. The third kappa shape index (κ3) is 5.82. The van der Waals surface area contributed by atoms with Gasteiger partial charge in [-0.15, -0.1) is 0 Å². The lowest BCUT2D eigenvalue weighted by atomic mass is 10.1. The molecule has 0 saturated carbocycles. The number of unbranched alkanes of at least 4 members (excludes halogenated alkanes) is 1. The van der Waals surface area contributed by atoms with Gasteiger partial charge in [0.15, 0.2) is 5.75 Å². The fourth-order valence-electron chi connectivity index (χ4n) is 2.95. The van der Waals surface area contributed by atoms with E-state index in [0.29, 0.717) is 12.1 Å². The lowest BCUT2D eigenvalue weighted by Gasteiger charge is -2.17. The number of carbonyl (C=O) groups excluding carboxylic acids is 1. The standard InChI is InChI=1S/C24H27N3O2/c1-3-4-13-26-22-16-19(24(28)27-17-20-10-8-9-14-25-20)15-18(2)23(22)29-21-11-6-5-7-12-21/h5-12,14-16,26H,3-4,13,17H2,1-2H3,(H,27,28). The van der Waals surface area contributed by atoms with Gasteiger partial charge in [0.05, 0.1) is 17.9 Å². The van der Waals surface area contributed by atoms with E-state index < -0.39 is 0 Å². The Kier molecular flexibility index (Phi) is 7.22. The number of aromatic nitrogens is 1. The Hall–Kier alpha value is -3.34. The van der Waals surface area contributed by atoms with Gasteiger partial charge in [0.1, 0.15) is 5.75 Å². The van der Waals surface area contributed by atoms with Gasteiger partial charge < -0.3 is 15.4 Å². The van der Waals surface area contributed by atoms with E-state index in [1.165, 1.54) is 0 Å². The maximum Gasteiger partial charge on any atom is 0.251 e. The van der Waals surface area contributed by atoms with Crippen LogP contribution in [0.15, 0.2) is 66.9 Å². The van der Waals surface area contributed by atoms with Gasteiger partial charge in [-0.2, -0.15) is 0 Å². The number of rotatable bonds is 9. The third-order valence-corrected chi connectivity index (χ3v) is 4.50. The second-order valence-corrected chi connectivity index (χ2v) is 6.87. The molecule has 0 aliphatic heterocycles. The molecule has 3 aromatic rings. The summed E-state index contributed by atoms with van der Waals surface area (Å²) in [5.74, 6) is 1.37. The summed E-state index contributed by atoms with van der Waals surface area (Å²) in [7, 11) is 0. The second kappa shape index (κ2) is 10.3. The summed E-state index contributed by atoms with van der Waals surface area (Å²) in [6.07, 6.45) is 3.85. The number of aryl methyl sites for hydroxylation is 1. The number of ether oxygens (including phenoxy) is 1. The van der Waals surface area contributed by atoms with Crippen molar-refractivity contribution in [3.8, 4) is 11.5 Å². The van der Waals surface area contributed by atoms with Crippen molar-refractivity contribution in [1.29, 1.82) is 0 Å². The Bertz CT molecular complexity index is 928. The number of pyridine rings is 1. The Morgan fingerprint density at radius 2 is 1.86 bits per heavy atom. The molecule has 0 bridgehead atoms. The van der Waals surface area contributed by atoms with Crippen molar-refractivity contribution >= 4 is 11.6 Å². The van der Waals surface area contributed by atoms with Crippen LogP contribution >= 0.6 is 0 Å². The molecule has 0 radical (unpaired) electrons. The fourth-order valence-corrected chi connectivity index (χ4v) is 2.95. The Balaban J connectivity index is 1.81. The average Bonchev–Trinajstić information content (AvgIpc) is 2.75. The van der Waals surface area contributed by atoms with Crippen LogP contribution in [-0.4, -0.2) is 17.4 Å². The minimum absolute atomic E-state index is 0.136. The number of para-hydroxylation sites is 1. The number of benzene rings is 2. The Morgan fingerprint density at radius 1 is 1.07 bits per heavy atom. The summed E-state index contributed by atoms with van der Waals surface area (Å²) in [4.78, 5) is 17.0. The molecule has 0 aliphatic carbocycles. The van der Waals surface area contributed by atoms with Crippen molar-refractivity contribution in [2.24, 2.45) is 0 Å². The van der Waals surface area contributed by atoms with E-state index in [9.17, 15) is 4.79 Å². The summed E-state index contributed by atoms with van der Waals surface area (Å²) in [5, 5.41) is 6.36. The molecule has 0 aliphatic rings. The number of nitrogens with zero attached hydrogens (tertiary/aromatic N) is 1. The van der Waals surface area contributed by atoms with Crippen LogP contribution in [-0.2, 0) is 6.54 Å². The Morgan fingerprint density at radius 3 is 2.59 bits per heavy atom. The van der Waals surface area contributed by atoms with Gasteiger partial charge in [0, 0.05) is 18.3 Å². The first-order valence-corrected chi connectivity index (χ1v) is 9.97. The van der Waals surface area contributed by atoms with E-state index >= 15 is 0 Å². The molecule has 5 heteroatoms. The predicted octanol–water partition coefficient (Wildman–Crippen LogP) is 5.32. The van der Waals surface area contributed by atoms with Crippen molar-refractivity contribution in [2.45, 2.75) is 33.2 Å². The molecule has 5 nitrogen and oxygen atoms in total. The number of anilines is 1. The van der Waals surface area contributed by atoms with Gasteiger partial charge in [0.2, 0.25) is 0 Å². The molecule has 150 valence electrons. The van der Waals surface area contributed by atoms with E-state index in [0.717, 1.165) is 47.8 Å². The van der Waals surface area contributed by atoms with Crippen LogP contribution in [0.1, 0.15) is 41.4 Å². The number of nitrogens with one attached hydrogen (secondary N) is 2. The van der Waals surface area contributed by atoms with E-state index in [1.807, 2.05) is 67.6 Å².